The lowest BCUT2D eigenvalue weighted by molar-refractivity contribution is -0.134. The van der Waals surface area contributed by atoms with Gasteiger partial charge in [0, 0.05) is 12.2 Å². The molecule has 0 aliphatic rings. The topological polar surface area (TPSA) is 81.1 Å². The van der Waals surface area contributed by atoms with Crippen molar-refractivity contribution in [1.82, 2.24) is 9.80 Å². The Kier molecular flexibility index (Phi) is 26.4. The summed E-state index contributed by atoms with van der Waals surface area (Å²) in [6.45, 7) is 7.50. The third-order valence-corrected chi connectivity index (χ3v) is 0.368. The molecular weight excluding hydrogens is 260 g/mol. The first-order valence-corrected chi connectivity index (χ1v) is 5.80. The van der Waals surface area contributed by atoms with Crippen LogP contribution in [0.15, 0.2) is 24.3 Å². The molecule has 6 nitrogen and oxygen atoms in total. The Morgan fingerprint density at radius 1 is 0.800 bits per heavy atom. The van der Waals surface area contributed by atoms with Crippen LogP contribution in [0.4, 0.5) is 0 Å². The van der Waals surface area contributed by atoms with Gasteiger partial charge in [-0.2, -0.15) is 0 Å². The van der Waals surface area contributed by atoms with Crippen molar-refractivity contribution in [2.75, 3.05) is 42.3 Å². The van der Waals surface area contributed by atoms with E-state index in [-0.39, 0.29) is 0 Å². The number of carboxylic acid groups (broad SMARTS) is 2. The van der Waals surface area contributed by atoms with Crippen LogP contribution < -0.4 is 0 Å². The monoisotopic (exact) mass is 290 g/mol. The summed E-state index contributed by atoms with van der Waals surface area (Å²) in [5.41, 5.74) is 1.17. The van der Waals surface area contributed by atoms with Crippen LogP contribution >= 0.6 is 0 Å². The zero-order valence-corrected chi connectivity index (χ0v) is 14.0. The van der Waals surface area contributed by atoms with Crippen molar-refractivity contribution in [3.05, 3.63) is 24.3 Å². The molecule has 0 aromatic heterocycles. The molecule has 0 spiro atoms. The lowest BCUT2D eigenvalue weighted by atomic mass is 10.4. The first-order chi connectivity index (χ1) is 8.82. The smallest absolute Gasteiger partial charge is 0.328 e. The molecule has 0 unspecified atom stereocenters. The third-order valence-electron chi connectivity index (χ3n) is 0.368. The fourth-order valence-electron chi connectivity index (χ4n) is 0.143. The quantitative estimate of drug-likeness (QED) is 0.594. The molecule has 0 atom stereocenters. The van der Waals surface area contributed by atoms with Gasteiger partial charge in [-0.1, -0.05) is 5.57 Å². The maximum atomic E-state index is 9.55. The second-order valence-corrected chi connectivity index (χ2v) is 4.90. The molecule has 120 valence electrons. The van der Waals surface area contributed by atoms with Crippen LogP contribution in [0.25, 0.3) is 0 Å². The summed E-state index contributed by atoms with van der Waals surface area (Å²) in [7, 11) is 12.0. The van der Waals surface area contributed by atoms with Crippen LogP contribution in [0.2, 0.25) is 0 Å². The lowest BCUT2D eigenvalue weighted by Crippen LogP contribution is -1.99. The van der Waals surface area contributed by atoms with Gasteiger partial charge in [-0.15, -0.1) is 6.58 Å². The molecule has 0 fully saturated rings. The van der Waals surface area contributed by atoms with E-state index in [2.05, 4.69) is 6.58 Å². The number of carboxylic acids is 2. The Balaban J connectivity index is -0.0000000917. The van der Waals surface area contributed by atoms with Gasteiger partial charge in [0.05, 0.1) is 0 Å². The van der Waals surface area contributed by atoms with Crippen LogP contribution in [0.1, 0.15) is 13.8 Å². The highest BCUT2D eigenvalue weighted by Crippen LogP contribution is 1.73. The predicted molar refractivity (Wildman–Crippen MR) is 84.1 cm³/mol. The minimum absolute atomic E-state index is 0.558. The molecule has 0 aliphatic carbocycles. The van der Waals surface area contributed by atoms with Crippen LogP contribution in [0.3, 0.4) is 0 Å². The summed E-state index contributed by atoms with van der Waals surface area (Å²) < 4.78 is 0. The van der Waals surface area contributed by atoms with Crippen LogP contribution in [0.5, 0.6) is 0 Å². The van der Waals surface area contributed by atoms with Crippen molar-refractivity contribution in [1.29, 1.82) is 0 Å². The molecular formula is C14H30N2O4. The Bertz CT molecular complexity index is 253. The zero-order chi connectivity index (χ0) is 17.3. The van der Waals surface area contributed by atoms with Gasteiger partial charge in [0.15, 0.2) is 0 Å². The normalized spacial score (nSPS) is 8.70. The van der Waals surface area contributed by atoms with Gasteiger partial charge < -0.3 is 20.0 Å². The van der Waals surface area contributed by atoms with Gasteiger partial charge >= 0.3 is 11.9 Å². The largest absolute Gasteiger partial charge is 0.478 e. The lowest BCUT2D eigenvalue weighted by Gasteiger charge is -1.90. The van der Waals surface area contributed by atoms with Crippen molar-refractivity contribution in [2.45, 2.75) is 13.8 Å². The Morgan fingerprint density at radius 2 is 0.900 bits per heavy atom. The van der Waals surface area contributed by atoms with Gasteiger partial charge in [0.2, 0.25) is 0 Å². The maximum Gasteiger partial charge on any atom is 0.328 e. The molecule has 6 heteroatoms. The highest BCUT2D eigenvalue weighted by Gasteiger charge is 1.88. The molecule has 0 aromatic rings. The van der Waals surface area contributed by atoms with E-state index in [1.54, 1.807) is 0 Å². The Morgan fingerprint density at radius 3 is 0.950 bits per heavy atom. The number of nitrogens with zero attached hydrogens (tertiary/aromatic N) is 2. The minimum atomic E-state index is -1.26. The minimum Gasteiger partial charge on any atom is -0.478 e. The van der Waals surface area contributed by atoms with Gasteiger partial charge in [0.1, 0.15) is 0 Å². The second kappa shape index (κ2) is 19.7. The molecule has 2 N–H and O–H groups in total. The summed E-state index contributed by atoms with van der Waals surface area (Å²) in [5, 5.41) is 15.6. The van der Waals surface area contributed by atoms with Gasteiger partial charge in [-0.3, -0.25) is 0 Å². The SMILES string of the molecule is C=C(C)C.CN(C)C.CN(C)C.O=C(O)/C=C\C(=O)O. The van der Waals surface area contributed by atoms with Crippen LogP contribution in [-0.2, 0) is 9.59 Å². The fourth-order valence-corrected chi connectivity index (χ4v) is 0.143. The average molecular weight is 290 g/mol. The number of rotatable bonds is 2. The summed E-state index contributed by atoms with van der Waals surface area (Å²) >= 11 is 0. The van der Waals surface area contributed by atoms with E-state index in [9.17, 15) is 9.59 Å². The molecule has 0 amide bonds. The first-order valence-electron chi connectivity index (χ1n) is 5.80. The van der Waals surface area contributed by atoms with E-state index < -0.39 is 11.9 Å². The van der Waals surface area contributed by atoms with Gasteiger partial charge in [0.25, 0.3) is 0 Å². The zero-order valence-electron chi connectivity index (χ0n) is 14.0. The van der Waals surface area contributed by atoms with Gasteiger partial charge in [-0.25, -0.2) is 9.59 Å². The second-order valence-electron chi connectivity index (χ2n) is 4.90. The molecule has 0 aromatic carbocycles. The van der Waals surface area contributed by atoms with E-state index in [4.69, 9.17) is 10.2 Å². The first kappa shape index (κ1) is 26.8. The van der Waals surface area contributed by atoms with E-state index in [0.29, 0.717) is 12.2 Å². The predicted octanol–water partition coefficient (Wildman–Crippen LogP) is 1.65. The number of allylic oxidation sites excluding steroid dienone is 1. The third kappa shape index (κ3) is 345. The number of hydrogen-bond acceptors (Lipinski definition) is 4. The molecule has 0 aliphatic heterocycles. The van der Waals surface area contributed by atoms with Crippen molar-refractivity contribution < 1.29 is 19.8 Å². The van der Waals surface area contributed by atoms with Crippen LogP contribution in [-0.4, -0.2) is 74.2 Å². The van der Waals surface area contributed by atoms with E-state index in [1.807, 2.05) is 65.9 Å². The van der Waals surface area contributed by atoms with E-state index in [1.165, 1.54) is 5.57 Å². The van der Waals surface area contributed by atoms with Crippen LogP contribution in [0, 0.1) is 0 Å². The van der Waals surface area contributed by atoms with Gasteiger partial charge in [-0.05, 0) is 56.1 Å². The standard InChI is InChI=1S/C4H4O4.C4H8.2C3H9N/c5-3(6)1-2-4(7)8;3*1-4(2)3/h1-2H,(H,5,6)(H,7,8);1H2,2-3H3;2*1-3H3/b2-1-;;;. The van der Waals surface area contributed by atoms with Crippen molar-refractivity contribution in [2.24, 2.45) is 0 Å². The molecule has 0 bridgehead atoms. The number of hydrogen-bond donors (Lipinski definition) is 2. The maximum absolute atomic E-state index is 9.55. The summed E-state index contributed by atoms with van der Waals surface area (Å²) in [6, 6.07) is 0. The number of carbonyl (C=O) groups is 2. The molecule has 0 heterocycles. The molecule has 0 radical (unpaired) electrons. The van der Waals surface area contributed by atoms with Crippen molar-refractivity contribution >= 4 is 11.9 Å². The summed E-state index contributed by atoms with van der Waals surface area (Å²) in [5.74, 6) is -2.51. The fraction of sp³-hybridized carbons (Fsp3) is 0.571. The molecule has 0 saturated heterocycles. The van der Waals surface area contributed by atoms with E-state index >= 15 is 0 Å². The average Bonchev–Trinajstić information content (AvgIpc) is 2.11. The molecule has 0 rings (SSSR count). The molecule has 0 saturated carbocycles. The Hall–Kier alpha value is -1.66. The highest BCUT2D eigenvalue weighted by atomic mass is 16.4. The van der Waals surface area contributed by atoms with Crippen molar-refractivity contribution in [3.8, 4) is 0 Å². The summed E-state index contributed by atoms with van der Waals surface area (Å²) in [6.07, 6.45) is 1.12. The highest BCUT2D eigenvalue weighted by molar-refractivity contribution is 5.89. The summed E-state index contributed by atoms with van der Waals surface area (Å²) in [4.78, 5) is 23.1. The number of aliphatic carboxylic acids is 2. The van der Waals surface area contributed by atoms with E-state index in [0.717, 1.165) is 0 Å². The molecule has 20 heavy (non-hydrogen) atoms. The Labute approximate surface area is 123 Å². The van der Waals surface area contributed by atoms with Crippen molar-refractivity contribution in [3.63, 3.8) is 0 Å².